The van der Waals surface area contributed by atoms with E-state index in [4.69, 9.17) is 27.9 Å². The van der Waals surface area contributed by atoms with Gasteiger partial charge >= 0.3 is 0 Å². The zero-order valence-corrected chi connectivity index (χ0v) is 20.6. The minimum Gasteiger partial charge on any atom is -0.482 e. The van der Waals surface area contributed by atoms with Crippen molar-refractivity contribution in [1.82, 2.24) is 15.5 Å². The van der Waals surface area contributed by atoms with Crippen LogP contribution in [0.25, 0.3) is 0 Å². The molecular formula is C24H28Cl2FN3O5. The number of rotatable bonds is 9. The molecule has 11 heteroatoms. The fourth-order valence-electron chi connectivity index (χ4n) is 5.49. The first kappa shape index (κ1) is 25.7. The van der Waals surface area contributed by atoms with Crippen LogP contribution in [0.2, 0.25) is 10.0 Å². The lowest BCUT2D eigenvalue weighted by Gasteiger charge is -2.29. The topological polar surface area (TPSA) is 105 Å². The van der Waals surface area contributed by atoms with Crippen molar-refractivity contribution >= 4 is 46.7 Å². The van der Waals surface area contributed by atoms with Crippen molar-refractivity contribution in [2.45, 2.75) is 44.2 Å². The number of hydrogen-bond donors (Lipinski definition) is 2. The number of fused-ring (bicyclic) bond motifs is 1. The van der Waals surface area contributed by atoms with E-state index in [0.717, 1.165) is 19.3 Å². The molecule has 0 aromatic heterocycles. The predicted molar refractivity (Wildman–Crippen MR) is 127 cm³/mol. The van der Waals surface area contributed by atoms with Gasteiger partial charge in [0, 0.05) is 24.0 Å². The summed E-state index contributed by atoms with van der Waals surface area (Å²) in [6, 6.07) is 2.75. The Kier molecular flexibility index (Phi) is 8.16. The van der Waals surface area contributed by atoms with Crippen LogP contribution < -0.4 is 15.4 Å². The maximum absolute atomic E-state index is 13.4. The molecule has 2 saturated heterocycles. The molecule has 190 valence electrons. The van der Waals surface area contributed by atoms with Crippen LogP contribution in [-0.2, 0) is 19.2 Å². The Morgan fingerprint density at radius 3 is 2.71 bits per heavy atom. The summed E-state index contributed by atoms with van der Waals surface area (Å²) in [7, 11) is 0. The number of Topliss-reactive ketones (excluding diaryl/α,β-unsaturated/α-hetero) is 1. The van der Waals surface area contributed by atoms with Crippen molar-refractivity contribution in [3.05, 3.63) is 28.2 Å². The largest absolute Gasteiger partial charge is 0.482 e. The predicted octanol–water partition coefficient (Wildman–Crippen LogP) is 2.55. The van der Waals surface area contributed by atoms with E-state index < -0.39 is 36.4 Å². The molecule has 3 amide bonds. The van der Waals surface area contributed by atoms with Crippen LogP contribution in [0.4, 0.5) is 4.39 Å². The van der Waals surface area contributed by atoms with E-state index >= 15 is 0 Å². The van der Waals surface area contributed by atoms with Gasteiger partial charge in [0.2, 0.25) is 11.8 Å². The third-order valence-corrected chi connectivity index (χ3v) is 7.77. The number of amides is 3. The van der Waals surface area contributed by atoms with Gasteiger partial charge in [-0.1, -0.05) is 29.6 Å². The number of ether oxygens (including phenoxy) is 1. The van der Waals surface area contributed by atoms with Gasteiger partial charge in [0.25, 0.3) is 5.91 Å². The highest BCUT2D eigenvalue weighted by atomic mass is 35.5. The molecule has 2 N–H and O–H groups in total. The molecule has 1 aromatic carbocycles. The van der Waals surface area contributed by atoms with Gasteiger partial charge in [-0.05, 0) is 55.7 Å². The average Bonchev–Trinajstić information content (AvgIpc) is 3.53. The number of likely N-dealkylation sites (tertiary alicyclic amines) is 1. The minimum absolute atomic E-state index is 0.0350. The number of hydrogen-bond acceptors (Lipinski definition) is 5. The van der Waals surface area contributed by atoms with Gasteiger partial charge < -0.3 is 20.3 Å². The van der Waals surface area contributed by atoms with E-state index in [0.29, 0.717) is 30.3 Å². The number of carbonyl (C=O) groups excluding carboxylic acids is 4. The molecule has 4 rings (SSSR count). The molecule has 1 saturated carbocycles. The number of ketones is 1. The Morgan fingerprint density at radius 2 is 2.03 bits per heavy atom. The van der Waals surface area contributed by atoms with Gasteiger partial charge in [-0.2, -0.15) is 0 Å². The third kappa shape index (κ3) is 5.72. The Morgan fingerprint density at radius 1 is 1.23 bits per heavy atom. The van der Waals surface area contributed by atoms with Crippen LogP contribution in [0.1, 0.15) is 32.1 Å². The smallest absolute Gasteiger partial charge is 0.261 e. The summed E-state index contributed by atoms with van der Waals surface area (Å²) >= 11 is 12.0. The highest BCUT2D eigenvalue weighted by molar-refractivity contribution is 6.35. The monoisotopic (exact) mass is 527 g/mol. The lowest BCUT2D eigenvalue weighted by molar-refractivity contribution is -0.142. The van der Waals surface area contributed by atoms with Gasteiger partial charge in [0.05, 0.1) is 11.1 Å². The fraction of sp³-hybridized carbons (Fsp3) is 0.583. The van der Waals surface area contributed by atoms with Crippen LogP contribution in [0.3, 0.4) is 0 Å². The quantitative estimate of drug-likeness (QED) is 0.513. The van der Waals surface area contributed by atoms with Gasteiger partial charge in [-0.25, -0.2) is 4.39 Å². The second kappa shape index (κ2) is 11.1. The summed E-state index contributed by atoms with van der Waals surface area (Å²) in [5.74, 6) is -1.91. The van der Waals surface area contributed by atoms with Crippen molar-refractivity contribution in [3.63, 3.8) is 0 Å². The van der Waals surface area contributed by atoms with Crippen molar-refractivity contribution < 1.29 is 28.3 Å². The Hall–Kier alpha value is -2.39. The van der Waals surface area contributed by atoms with Crippen LogP contribution >= 0.6 is 23.2 Å². The van der Waals surface area contributed by atoms with E-state index in [-0.39, 0.29) is 41.7 Å². The molecule has 2 heterocycles. The summed E-state index contributed by atoms with van der Waals surface area (Å²) in [4.78, 5) is 52.2. The van der Waals surface area contributed by atoms with Crippen LogP contribution in [0.15, 0.2) is 18.2 Å². The van der Waals surface area contributed by atoms with Crippen molar-refractivity contribution in [2.75, 3.05) is 26.4 Å². The highest BCUT2D eigenvalue weighted by Crippen LogP contribution is 2.42. The fourth-order valence-corrected chi connectivity index (χ4v) is 5.95. The molecule has 3 aliphatic rings. The van der Waals surface area contributed by atoms with Gasteiger partial charge in [-0.3, -0.25) is 19.2 Å². The van der Waals surface area contributed by atoms with E-state index in [1.165, 1.54) is 11.0 Å². The van der Waals surface area contributed by atoms with Crippen LogP contribution in [-0.4, -0.2) is 66.9 Å². The second-order valence-corrected chi connectivity index (χ2v) is 10.2. The number of carbonyl (C=O) groups is 4. The van der Waals surface area contributed by atoms with Gasteiger partial charge in [0.15, 0.2) is 12.4 Å². The summed E-state index contributed by atoms with van der Waals surface area (Å²) in [6.07, 6.45) is 3.19. The molecule has 0 spiro atoms. The molecular weight excluding hydrogens is 500 g/mol. The summed E-state index contributed by atoms with van der Waals surface area (Å²) < 4.78 is 18.9. The van der Waals surface area contributed by atoms with Crippen molar-refractivity contribution in [3.8, 4) is 5.75 Å². The minimum atomic E-state index is -1.24. The number of alkyl halides is 1. The second-order valence-electron chi connectivity index (χ2n) is 9.38. The third-order valence-electron chi connectivity index (χ3n) is 7.24. The maximum atomic E-state index is 13.4. The van der Waals surface area contributed by atoms with Gasteiger partial charge in [0.1, 0.15) is 18.5 Å². The zero-order valence-electron chi connectivity index (χ0n) is 19.1. The maximum Gasteiger partial charge on any atom is 0.261 e. The van der Waals surface area contributed by atoms with Crippen LogP contribution in [0.5, 0.6) is 5.75 Å². The lowest BCUT2D eigenvalue weighted by Crippen LogP contribution is -2.54. The number of nitrogens with zero attached hydrogens (tertiary/aromatic N) is 1. The first-order valence-electron chi connectivity index (χ1n) is 11.8. The molecule has 8 nitrogen and oxygen atoms in total. The Balaban J connectivity index is 1.46. The van der Waals surface area contributed by atoms with Crippen molar-refractivity contribution in [2.24, 2.45) is 17.8 Å². The van der Waals surface area contributed by atoms with E-state index in [1.807, 2.05) is 0 Å². The molecule has 35 heavy (non-hydrogen) atoms. The number of nitrogens with one attached hydrogen (secondary N) is 2. The lowest BCUT2D eigenvalue weighted by atomic mass is 9.92. The number of benzene rings is 1. The Bertz CT molecular complexity index is 1010. The molecule has 2 aliphatic heterocycles. The molecule has 3 fully saturated rings. The summed E-state index contributed by atoms with van der Waals surface area (Å²) in [5.41, 5.74) is 0. The summed E-state index contributed by atoms with van der Waals surface area (Å²) in [5, 5.41) is 6.05. The summed E-state index contributed by atoms with van der Waals surface area (Å²) in [6.45, 7) is -0.666. The van der Waals surface area contributed by atoms with Crippen LogP contribution in [0, 0.1) is 17.8 Å². The first-order valence-corrected chi connectivity index (χ1v) is 12.6. The SMILES string of the molecule is O=C1NCC[C@H]1C[C@H](NC(=O)[C@@H]1C2CCC[C@H]2CN1C(=O)COc1ccc(Cl)cc1Cl)C(=O)CF. The van der Waals surface area contributed by atoms with Gasteiger partial charge in [-0.15, -0.1) is 0 Å². The van der Waals surface area contributed by atoms with E-state index in [2.05, 4.69) is 10.6 Å². The average molecular weight is 528 g/mol. The van der Waals surface area contributed by atoms with E-state index in [1.54, 1.807) is 12.1 Å². The molecule has 1 aliphatic carbocycles. The highest BCUT2D eigenvalue weighted by Gasteiger charge is 2.50. The molecule has 1 unspecified atom stereocenters. The Labute approximate surface area is 212 Å². The molecule has 1 aromatic rings. The standard InChI is InChI=1S/C24H28Cl2FN3O5/c25-15-4-5-20(17(26)9-15)35-12-21(32)30-11-14-2-1-3-16(14)22(30)24(34)29-18(19(31)10-27)8-13-6-7-28-23(13)33/h4-5,9,13-14,16,18,22H,1-3,6-8,10-12H2,(H,28,33)(H,29,34)/t13-,14-,16?,18-,22-/m0/s1. The molecule has 0 radical (unpaired) electrons. The molecule has 5 atom stereocenters. The number of halogens is 3. The zero-order chi connectivity index (χ0) is 25.1. The normalized spacial score (nSPS) is 26.3. The first-order chi connectivity index (χ1) is 16.8. The molecule has 0 bridgehead atoms. The van der Waals surface area contributed by atoms with Crippen molar-refractivity contribution in [1.29, 1.82) is 0 Å². The van der Waals surface area contributed by atoms with E-state index in [9.17, 15) is 23.6 Å².